The fourth-order valence-corrected chi connectivity index (χ4v) is 3.38. The fraction of sp³-hybridized carbons (Fsp3) is 0.192. The number of hydrogen-bond donors (Lipinski definition) is 1. The second kappa shape index (κ2) is 9.39. The molecule has 0 unspecified atom stereocenters. The maximum atomic E-state index is 13.1. The number of anilines is 1. The standard InChI is InChI=1S/C26H25NO4/c1-16-12-13-17(2)22(14-16)25(29)20-10-5-6-11-21(20)26(30)31-15-23(28)27-24-18(3)8-7-9-19(24)4/h5-14H,15H2,1-4H3,(H,27,28). The Morgan fingerprint density at radius 3 is 2.06 bits per heavy atom. The van der Waals surface area contributed by atoms with E-state index >= 15 is 0 Å². The van der Waals surface area contributed by atoms with Gasteiger partial charge in [-0.05, 0) is 56.5 Å². The lowest BCUT2D eigenvalue weighted by molar-refractivity contribution is -0.119. The van der Waals surface area contributed by atoms with Crippen LogP contribution in [0.25, 0.3) is 0 Å². The van der Waals surface area contributed by atoms with Crippen LogP contribution in [0.15, 0.2) is 60.7 Å². The molecular formula is C26H25NO4. The molecule has 5 nitrogen and oxygen atoms in total. The third kappa shape index (κ3) is 5.07. The number of benzene rings is 3. The van der Waals surface area contributed by atoms with Crippen LogP contribution in [0.1, 0.15) is 48.5 Å². The molecule has 5 heteroatoms. The van der Waals surface area contributed by atoms with E-state index in [1.165, 1.54) is 6.07 Å². The molecule has 0 fully saturated rings. The largest absolute Gasteiger partial charge is 0.452 e. The van der Waals surface area contributed by atoms with E-state index in [2.05, 4.69) is 5.32 Å². The molecule has 0 aliphatic rings. The van der Waals surface area contributed by atoms with Gasteiger partial charge in [-0.3, -0.25) is 9.59 Å². The van der Waals surface area contributed by atoms with Crippen LogP contribution in [0.4, 0.5) is 5.69 Å². The van der Waals surface area contributed by atoms with E-state index in [9.17, 15) is 14.4 Å². The highest BCUT2D eigenvalue weighted by Crippen LogP contribution is 2.21. The van der Waals surface area contributed by atoms with Gasteiger partial charge in [-0.2, -0.15) is 0 Å². The van der Waals surface area contributed by atoms with Crippen molar-refractivity contribution in [3.8, 4) is 0 Å². The second-order valence-electron chi connectivity index (χ2n) is 7.58. The summed E-state index contributed by atoms with van der Waals surface area (Å²) in [4.78, 5) is 38.1. The van der Waals surface area contributed by atoms with Gasteiger partial charge < -0.3 is 10.1 Å². The first-order valence-electron chi connectivity index (χ1n) is 10.0. The number of carbonyl (C=O) groups is 3. The van der Waals surface area contributed by atoms with E-state index in [-0.39, 0.29) is 16.9 Å². The summed E-state index contributed by atoms with van der Waals surface area (Å²) in [5, 5.41) is 2.78. The van der Waals surface area contributed by atoms with Crippen LogP contribution in [0.5, 0.6) is 0 Å². The Morgan fingerprint density at radius 2 is 1.39 bits per heavy atom. The predicted molar refractivity (Wildman–Crippen MR) is 121 cm³/mol. The van der Waals surface area contributed by atoms with Crippen molar-refractivity contribution >= 4 is 23.3 Å². The molecule has 31 heavy (non-hydrogen) atoms. The number of para-hydroxylation sites is 1. The third-order valence-electron chi connectivity index (χ3n) is 5.11. The van der Waals surface area contributed by atoms with Crippen molar-refractivity contribution in [2.75, 3.05) is 11.9 Å². The van der Waals surface area contributed by atoms with Gasteiger partial charge in [0.2, 0.25) is 0 Å². The maximum absolute atomic E-state index is 13.1. The highest BCUT2D eigenvalue weighted by Gasteiger charge is 2.21. The quantitative estimate of drug-likeness (QED) is 0.457. The van der Waals surface area contributed by atoms with E-state index in [0.717, 1.165) is 22.3 Å². The van der Waals surface area contributed by atoms with E-state index < -0.39 is 18.5 Å². The Hall–Kier alpha value is -3.73. The van der Waals surface area contributed by atoms with E-state index in [1.807, 2.05) is 58.0 Å². The molecule has 0 atom stereocenters. The van der Waals surface area contributed by atoms with Gasteiger partial charge in [0.05, 0.1) is 5.56 Å². The van der Waals surface area contributed by atoms with Crippen molar-refractivity contribution in [2.45, 2.75) is 27.7 Å². The number of amides is 1. The molecule has 0 saturated carbocycles. The van der Waals surface area contributed by atoms with Crippen molar-refractivity contribution in [3.63, 3.8) is 0 Å². The average molecular weight is 415 g/mol. The zero-order valence-electron chi connectivity index (χ0n) is 18.1. The lowest BCUT2D eigenvalue weighted by Crippen LogP contribution is -2.22. The zero-order chi connectivity index (χ0) is 22.5. The van der Waals surface area contributed by atoms with Crippen molar-refractivity contribution in [3.05, 3.63) is 99.6 Å². The smallest absolute Gasteiger partial charge is 0.339 e. The molecule has 0 aliphatic heterocycles. The lowest BCUT2D eigenvalue weighted by atomic mass is 9.94. The number of hydrogen-bond acceptors (Lipinski definition) is 4. The highest BCUT2D eigenvalue weighted by atomic mass is 16.5. The molecule has 0 bridgehead atoms. The van der Waals surface area contributed by atoms with E-state index in [4.69, 9.17) is 4.74 Å². The highest BCUT2D eigenvalue weighted by molar-refractivity contribution is 6.15. The number of carbonyl (C=O) groups excluding carboxylic acids is 3. The zero-order valence-corrected chi connectivity index (χ0v) is 18.1. The molecule has 1 N–H and O–H groups in total. The molecule has 0 aliphatic carbocycles. The molecule has 0 aromatic heterocycles. The summed E-state index contributed by atoms with van der Waals surface area (Å²) in [6.07, 6.45) is 0. The van der Waals surface area contributed by atoms with Gasteiger partial charge in [-0.25, -0.2) is 4.79 Å². The van der Waals surface area contributed by atoms with E-state index in [1.54, 1.807) is 24.3 Å². The fourth-order valence-electron chi connectivity index (χ4n) is 3.38. The minimum atomic E-state index is -0.717. The first-order chi connectivity index (χ1) is 14.8. The predicted octanol–water partition coefficient (Wildman–Crippen LogP) is 4.95. The van der Waals surface area contributed by atoms with Crippen LogP contribution in [0.2, 0.25) is 0 Å². The number of esters is 1. The normalized spacial score (nSPS) is 10.5. The lowest BCUT2D eigenvalue weighted by Gasteiger charge is -2.13. The summed E-state index contributed by atoms with van der Waals surface area (Å²) in [6.45, 7) is 7.10. The van der Waals surface area contributed by atoms with Crippen LogP contribution >= 0.6 is 0 Å². The number of rotatable bonds is 6. The Balaban J connectivity index is 1.75. The number of aryl methyl sites for hydroxylation is 4. The summed E-state index contributed by atoms with van der Waals surface area (Å²) in [6, 6.07) is 17.8. The maximum Gasteiger partial charge on any atom is 0.339 e. The van der Waals surface area contributed by atoms with E-state index in [0.29, 0.717) is 11.3 Å². The van der Waals surface area contributed by atoms with Crippen LogP contribution < -0.4 is 5.32 Å². The van der Waals surface area contributed by atoms with Crippen molar-refractivity contribution < 1.29 is 19.1 Å². The topological polar surface area (TPSA) is 72.5 Å². The average Bonchev–Trinajstić information content (AvgIpc) is 2.76. The van der Waals surface area contributed by atoms with Gasteiger partial charge in [0.15, 0.2) is 12.4 Å². The Kier molecular flexibility index (Phi) is 6.65. The molecule has 0 heterocycles. The molecule has 0 saturated heterocycles. The SMILES string of the molecule is Cc1ccc(C)c(C(=O)c2ccccc2C(=O)OCC(=O)Nc2c(C)cccc2C)c1. The minimum Gasteiger partial charge on any atom is -0.452 e. The van der Waals surface area contributed by atoms with Crippen LogP contribution in [-0.2, 0) is 9.53 Å². The van der Waals surface area contributed by atoms with Crippen LogP contribution in [-0.4, -0.2) is 24.3 Å². The number of ether oxygens (including phenoxy) is 1. The van der Waals surface area contributed by atoms with Gasteiger partial charge in [0.25, 0.3) is 5.91 Å². The number of ketones is 1. The first-order valence-corrected chi connectivity index (χ1v) is 10.0. The molecule has 0 radical (unpaired) electrons. The molecule has 3 aromatic rings. The second-order valence-corrected chi connectivity index (χ2v) is 7.58. The molecule has 3 rings (SSSR count). The molecule has 0 spiro atoms. The van der Waals surface area contributed by atoms with Gasteiger partial charge in [0, 0.05) is 16.8 Å². The third-order valence-corrected chi connectivity index (χ3v) is 5.11. The molecule has 158 valence electrons. The van der Waals surface area contributed by atoms with Gasteiger partial charge in [-0.1, -0.05) is 54.1 Å². The summed E-state index contributed by atoms with van der Waals surface area (Å²) in [5.41, 5.74) is 5.24. The van der Waals surface area contributed by atoms with Crippen molar-refractivity contribution in [1.29, 1.82) is 0 Å². The summed E-state index contributed by atoms with van der Waals surface area (Å²) in [7, 11) is 0. The summed E-state index contributed by atoms with van der Waals surface area (Å²) >= 11 is 0. The Morgan fingerprint density at radius 1 is 0.742 bits per heavy atom. The van der Waals surface area contributed by atoms with Crippen LogP contribution in [0, 0.1) is 27.7 Å². The van der Waals surface area contributed by atoms with Gasteiger partial charge in [0.1, 0.15) is 0 Å². The van der Waals surface area contributed by atoms with Crippen LogP contribution in [0.3, 0.4) is 0 Å². The Labute approximate surface area is 182 Å². The van der Waals surface area contributed by atoms with Gasteiger partial charge in [-0.15, -0.1) is 0 Å². The molecule has 1 amide bonds. The summed E-state index contributed by atoms with van der Waals surface area (Å²) in [5.74, 6) is -1.41. The monoisotopic (exact) mass is 415 g/mol. The van der Waals surface area contributed by atoms with Gasteiger partial charge >= 0.3 is 5.97 Å². The van der Waals surface area contributed by atoms with Crippen molar-refractivity contribution in [2.24, 2.45) is 0 Å². The summed E-state index contributed by atoms with van der Waals surface area (Å²) < 4.78 is 5.22. The first kappa shape index (κ1) is 22.0. The van der Waals surface area contributed by atoms with Crippen molar-refractivity contribution in [1.82, 2.24) is 0 Å². The number of nitrogens with one attached hydrogen (secondary N) is 1. The molecular weight excluding hydrogens is 390 g/mol. The Bertz CT molecular complexity index is 1140. The minimum absolute atomic E-state index is 0.133. The molecule has 3 aromatic carbocycles.